The van der Waals surface area contributed by atoms with Crippen LogP contribution in [-0.4, -0.2) is 68.3 Å². The second-order valence-electron chi connectivity index (χ2n) is 7.95. The van der Waals surface area contributed by atoms with E-state index in [1.165, 1.54) is 30.3 Å². The van der Waals surface area contributed by atoms with Crippen molar-refractivity contribution in [3.63, 3.8) is 0 Å². The normalized spacial score (nSPS) is 14.2. The van der Waals surface area contributed by atoms with Crippen molar-refractivity contribution in [1.82, 2.24) is 4.90 Å². The van der Waals surface area contributed by atoms with Crippen molar-refractivity contribution in [2.45, 2.75) is 0 Å². The average molecular weight is 494 g/mol. The van der Waals surface area contributed by atoms with Gasteiger partial charge in [-0.05, 0) is 41.8 Å². The Balaban J connectivity index is 1.58. The fraction of sp³-hybridized carbons (Fsp3) is 0.259. The van der Waals surface area contributed by atoms with Gasteiger partial charge in [0, 0.05) is 47.3 Å². The summed E-state index contributed by atoms with van der Waals surface area (Å²) in [6.45, 7) is 4.49. The molecule has 0 unspecified atom stereocenters. The molecule has 35 heavy (non-hydrogen) atoms. The molecular formula is C27H27NO6S. The van der Waals surface area contributed by atoms with E-state index in [0.29, 0.717) is 23.7 Å². The van der Waals surface area contributed by atoms with Crippen LogP contribution >= 0.6 is 11.3 Å². The van der Waals surface area contributed by atoms with E-state index in [9.17, 15) is 9.59 Å². The molecule has 1 saturated heterocycles. The van der Waals surface area contributed by atoms with Gasteiger partial charge in [-0.3, -0.25) is 9.69 Å². The highest BCUT2D eigenvalue weighted by Gasteiger charge is 2.15. The number of nitrogens with zero attached hydrogens (tertiary/aromatic N) is 1. The minimum Gasteiger partial charge on any atom is -0.496 e. The van der Waals surface area contributed by atoms with Gasteiger partial charge in [0.25, 0.3) is 0 Å². The number of morpholine rings is 1. The molecule has 1 aliphatic rings. The van der Waals surface area contributed by atoms with E-state index < -0.39 is 5.97 Å². The molecule has 1 aromatic heterocycles. The largest absolute Gasteiger partial charge is 0.496 e. The lowest BCUT2D eigenvalue weighted by atomic mass is 10.0. The lowest BCUT2D eigenvalue weighted by Gasteiger charge is -2.26. The first kappa shape index (κ1) is 24.7. The average Bonchev–Trinajstić information content (AvgIpc) is 3.43. The van der Waals surface area contributed by atoms with Crippen molar-refractivity contribution >= 4 is 29.2 Å². The zero-order chi connectivity index (χ0) is 24.6. The van der Waals surface area contributed by atoms with E-state index in [4.69, 9.17) is 19.3 Å². The third-order valence-electron chi connectivity index (χ3n) is 5.72. The second kappa shape index (κ2) is 11.8. The van der Waals surface area contributed by atoms with Crippen LogP contribution in [0.2, 0.25) is 0 Å². The first-order valence-corrected chi connectivity index (χ1v) is 12.2. The molecular weight excluding hydrogens is 466 g/mol. The number of hydrogen-bond acceptors (Lipinski definition) is 7. The first-order valence-electron chi connectivity index (χ1n) is 11.3. The highest BCUT2D eigenvalue weighted by atomic mass is 32.1. The second-order valence-corrected chi connectivity index (χ2v) is 8.90. The smallest absolute Gasteiger partial charge is 0.335 e. The highest BCUT2D eigenvalue weighted by Crippen LogP contribution is 2.38. The summed E-state index contributed by atoms with van der Waals surface area (Å²) in [4.78, 5) is 27.2. The summed E-state index contributed by atoms with van der Waals surface area (Å²) in [5, 5.41) is 11.1. The van der Waals surface area contributed by atoms with E-state index in [1.807, 2.05) is 29.6 Å². The monoisotopic (exact) mass is 493 g/mol. The van der Waals surface area contributed by atoms with Crippen LogP contribution in [0.1, 0.15) is 26.3 Å². The number of carbonyl (C=O) groups excluding carboxylic acids is 1. The number of ketones is 1. The van der Waals surface area contributed by atoms with Crippen molar-refractivity contribution in [3.05, 3.63) is 76.7 Å². The molecule has 0 aliphatic carbocycles. The van der Waals surface area contributed by atoms with Crippen LogP contribution in [0.15, 0.2) is 60.0 Å². The molecule has 4 rings (SSSR count). The van der Waals surface area contributed by atoms with E-state index >= 15 is 0 Å². The number of ether oxygens (including phenoxy) is 3. The molecule has 0 amide bonds. The molecule has 0 spiro atoms. The van der Waals surface area contributed by atoms with Crippen LogP contribution in [0.25, 0.3) is 16.5 Å². The molecule has 182 valence electrons. The van der Waals surface area contributed by atoms with Gasteiger partial charge in [-0.25, -0.2) is 4.79 Å². The maximum Gasteiger partial charge on any atom is 0.335 e. The van der Waals surface area contributed by atoms with Crippen molar-refractivity contribution in [1.29, 1.82) is 0 Å². The van der Waals surface area contributed by atoms with Crippen LogP contribution in [0, 0.1) is 0 Å². The molecule has 0 bridgehead atoms. The number of benzene rings is 2. The van der Waals surface area contributed by atoms with Crippen LogP contribution < -0.4 is 9.47 Å². The van der Waals surface area contributed by atoms with E-state index in [2.05, 4.69) is 4.90 Å². The summed E-state index contributed by atoms with van der Waals surface area (Å²) in [5.41, 5.74) is 2.22. The number of thiophene rings is 1. The predicted molar refractivity (Wildman–Crippen MR) is 136 cm³/mol. The van der Waals surface area contributed by atoms with Gasteiger partial charge in [-0.1, -0.05) is 18.2 Å². The van der Waals surface area contributed by atoms with Crippen molar-refractivity contribution in [2.24, 2.45) is 0 Å². The Morgan fingerprint density at radius 2 is 1.83 bits per heavy atom. The molecule has 8 heteroatoms. The molecule has 3 aromatic rings. The first-order chi connectivity index (χ1) is 17.0. The van der Waals surface area contributed by atoms with Gasteiger partial charge >= 0.3 is 5.97 Å². The zero-order valence-electron chi connectivity index (χ0n) is 19.4. The van der Waals surface area contributed by atoms with Crippen LogP contribution in [0.4, 0.5) is 0 Å². The molecule has 2 aromatic carbocycles. The minimum absolute atomic E-state index is 0.136. The Hall–Kier alpha value is -3.46. The molecule has 7 nitrogen and oxygen atoms in total. The summed E-state index contributed by atoms with van der Waals surface area (Å²) in [6, 6.07) is 13.7. The Morgan fingerprint density at radius 1 is 1.09 bits per heavy atom. The van der Waals surface area contributed by atoms with Crippen molar-refractivity contribution < 1.29 is 28.9 Å². The summed E-state index contributed by atoms with van der Waals surface area (Å²) in [6.07, 6.45) is 3.21. The Bertz CT molecular complexity index is 1180. The molecule has 2 heterocycles. The maximum atomic E-state index is 12.8. The molecule has 0 radical (unpaired) electrons. The highest BCUT2D eigenvalue weighted by molar-refractivity contribution is 7.13. The van der Waals surface area contributed by atoms with Gasteiger partial charge in [0.2, 0.25) is 0 Å². The number of carboxylic acids is 1. The van der Waals surface area contributed by atoms with Crippen LogP contribution in [0.5, 0.6) is 11.5 Å². The number of methoxy groups -OCH3 is 1. The summed E-state index contributed by atoms with van der Waals surface area (Å²) in [7, 11) is 1.63. The molecule has 1 aliphatic heterocycles. The van der Waals surface area contributed by atoms with E-state index in [0.717, 1.165) is 48.9 Å². The Morgan fingerprint density at radius 3 is 2.49 bits per heavy atom. The standard InChI is InChI=1S/C27H27NO6S/c1-32-25-18-24(34-15-12-28-10-13-33-14-11-28)21(17-22(25)26-3-2-16-35-26)8-9-23(29)19-4-6-20(7-5-19)27(30)31/h2-9,16-18H,10-15H2,1H3,(H,30,31)/b9-8+. The van der Waals surface area contributed by atoms with Gasteiger partial charge in [0.15, 0.2) is 5.78 Å². The Labute approximate surface area is 208 Å². The molecule has 0 atom stereocenters. The van der Waals surface area contributed by atoms with Gasteiger partial charge < -0.3 is 19.3 Å². The number of allylic oxidation sites excluding steroid dienone is 1. The molecule has 1 fully saturated rings. The number of aromatic carboxylic acids is 1. The van der Waals surface area contributed by atoms with E-state index in [1.54, 1.807) is 24.5 Å². The lowest BCUT2D eigenvalue weighted by Crippen LogP contribution is -2.38. The third kappa shape index (κ3) is 6.36. The van der Waals surface area contributed by atoms with Crippen molar-refractivity contribution in [2.75, 3.05) is 46.6 Å². The maximum absolute atomic E-state index is 12.8. The number of rotatable bonds is 10. The van der Waals surface area contributed by atoms with Gasteiger partial charge in [-0.2, -0.15) is 0 Å². The summed E-state index contributed by atoms with van der Waals surface area (Å²) < 4.78 is 17.2. The summed E-state index contributed by atoms with van der Waals surface area (Å²) >= 11 is 1.60. The predicted octanol–water partition coefficient (Wildman–Crippen LogP) is 4.73. The SMILES string of the molecule is COc1cc(OCCN2CCOCC2)c(/C=C/C(=O)c2ccc(C(=O)O)cc2)cc1-c1cccs1. The topological polar surface area (TPSA) is 85.3 Å². The van der Waals surface area contributed by atoms with Gasteiger partial charge in [0.1, 0.15) is 18.1 Å². The number of carbonyl (C=O) groups is 2. The van der Waals surface area contributed by atoms with Gasteiger partial charge in [-0.15, -0.1) is 11.3 Å². The van der Waals surface area contributed by atoms with E-state index in [-0.39, 0.29) is 11.3 Å². The number of carboxylic acid groups (broad SMARTS) is 1. The molecule has 1 N–H and O–H groups in total. The van der Waals surface area contributed by atoms with Gasteiger partial charge in [0.05, 0.1) is 25.9 Å². The fourth-order valence-electron chi connectivity index (χ4n) is 3.77. The molecule has 0 saturated carbocycles. The van der Waals surface area contributed by atoms with Crippen LogP contribution in [0.3, 0.4) is 0 Å². The lowest BCUT2D eigenvalue weighted by molar-refractivity contribution is 0.0322. The summed E-state index contributed by atoms with van der Waals surface area (Å²) in [5.74, 6) is 0.0645. The quantitative estimate of drug-likeness (QED) is 0.323. The minimum atomic E-state index is -1.03. The fourth-order valence-corrected chi connectivity index (χ4v) is 4.52. The van der Waals surface area contributed by atoms with Crippen LogP contribution in [-0.2, 0) is 4.74 Å². The third-order valence-corrected chi connectivity index (χ3v) is 6.62. The zero-order valence-corrected chi connectivity index (χ0v) is 20.3. The number of hydrogen-bond donors (Lipinski definition) is 1. The van der Waals surface area contributed by atoms with Crippen molar-refractivity contribution in [3.8, 4) is 21.9 Å². The Kier molecular flexibility index (Phi) is 8.31.